The second-order valence-corrected chi connectivity index (χ2v) is 7.28. The zero-order valence-corrected chi connectivity index (χ0v) is 16.7. The van der Waals surface area contributed by atoms with Crippen LogP contribution in [0.3, 0.4) is 0 Å². The Kier molecular flexibility index (Phi) is 4.11. The first-order valence-corrected chi connectivity index (χ1v) is 9.66. The number of para-hydroxylation sites is 3. The highest BCUT2D eigenvalue weighted by Gasteiger charge is 2.59. The molecule has 3 aromatic carbocycles. The third-order valence-corrected chi connectivity index (χ3v) is 5.75. The second-order valence-electron chi connectivity index (χ2n) is 7.28. The number of methoxy groups -OCH3 is 1. The summed E-state index contributed by atoms with van der Waals surface area (Å²) in [6.45, 7) is 0.222. The maximum Gasteiger partial charge on any atom is 0.285 e. The zero-order chi connectivity index (χ0) is 20.9. The maximum absolute atomic E-state index is 14.0. The van der Waals surface area contributed by atoms with Crippen molar-refractivity contribution in [3.05, 3.63) is 89.5 Å². The van der Waals surface area contributed by atoms with Gasteiger partial charge in [0, 0.05) is 18.2 Å². The zero-order valence-electron chi connectivity index (χ0n) is 16.7. The minimum absolute atomic E-state index is 0.222. The summed E-state index contributed by atoms with van der Waals surface area (Å²) in [6.07, 6.45) is 0. The number of carbonyl (C=O) groups excluding carboxylic acids is 2. The lowest BCUT2D eigenvalue weighted by Crippen LogP contribution is -2.59. The third-order valence-electron chi connectivity index (χ3n) is 5.75. The summed E-state index contributed by atoms with van der Waals surface area (Å²) in [6, 6.07) is 21.9. The lowest BCUT2D eigenvalue weighted by Gasteiger charge is -2.43. The van der Waals surface area contributed by atoms with Crippen molar-refractivity contribution in [3.63, 3.8) is 0 Å². The number of fused-ring (bicyclic) bond motifs is 3. The van der Waals surface area contributed by atoms with Crippen LogP contribution in [0, 0.1) is 0 Å². The van der Waals surface area contributed by atoms with Gasteiger partial charge in [-0.25, -0.2) is 0 Å². The Morgan fingerprint density at radius 2 is 1.63 bits per heavy atom. The molecule has 0 aromatic heterocycles. The molecule has 3 aromatic rings. The first-order chi connectivity index (χ1) is 14.6. The van der Waals surface area contributed by atoms with E-state index in [1.807, 2.05) is 48.5 Å². The summed E-state index contributed by atoms with van der Waals surface area (Å²) in [5.74, 6) is -0.229. The van der Waals surface area contributed by atoms with Crippen LogP contribution in [0.1, 0.15) is 21.5 Å². The van der Waals surface area contributed by atoms with Crippen molar-refractivity contribution in [1.29, 1.82) is 0 Å². The lowest BCUT2D eigenvalue weighted by atomic mass is 9.96. The molecule has 1 spiro atoms. The molecule has 150 valence electrons. The minimum Gasteiger partial charge on any atom is -0.496 e. The molecule has 6 heteroatoms. The Labute approximate surface area is 174 Å². The number of anilines is 2. The molecule has 30 heavy (non-hydrogen) atoms. The largest absolute Gasteiger partial charge is 0.496 e. The van der Waals surface area contributed by atoms with Gasteiger partial charge < -0.3 is 14.4 Å². The van der Waals surface area contributed by atoms with Gasteiger partial charge in [0.05, 0.1) is 30.7 Å². The summed E-state index contributed by atoms with van der Waals surface area (Å²) in [5.41, 5.74) is 1.65. The van der Waals surface area contributed by atoms with E-state index in [1.165, 1.54) is 12.0 Å². The molecule has 6 nitrogen and oxygen atoms in total. The summed E-state index contributed by atoms with van der Waals surface area (Å²) in [7, 11) is 3.22. The van der Waals surface area contributed by atoms with Gasteiger partial charge in [-0.1, -0.05) is 48.5 Å². The highest BCUT2D eigenvalue weighted by atomic mass is 16.5. The average Bonchev–Trinajstić information content (AvgIpc) is 3.01. The van der Waals surface area contributed by atoms with Gasteiger partial charge in [-0.15, -0.1) is 0 Å². The molecule has 1 atom stereocenters. The Bertz CT molecular complexity index is 1180. The van der Waals surface area contributed by atoms with E-state index >= 15 is 0 Å². The number of likely N-dealkylation sites (N-methyl/N-ethyl adjacent to an activating group) is 1. The molecule has 0 radical (unpaired) electrons. The number of benzene rings is 3. The molecule has 0 saturated carbocycles. The first-order valence-electron chi connectivity index (χ1n) is 9.66. The molecule has 0 bridgehead atoms. The molecule has 0 aliphatic carbocycles. The minimum atomic E-state index is -1.57. The Morgan fingerprint density at radius 1 is 0.967 bits per heavy atom. The molecule has 0 saturated heterocycles. The van der Waals surface area contributed by atoms with Gasteiger partial charge in [0.2, 0.25) is 0 Å². The van der Waals surface area contributed by atoms with Crippen LogP contribution >= 0.6 is 0 Å². The van der Waals surface area contributed by atoms with Gasteiger partial charge in [0.25, 0.3) is 17.5 Å². The second kappa shape index (κ2) is 6.71. The van der Waals surface area contributed by atoms with Crippen LogP contribution in [-0.2, 0) is 21.9 Å². The van der Waals surface area contributed by atoms with Crippen LogP contribution in [-0.4, -0.2) is 26.0 Å². The summed E-state index contributed by atoms with van der Waals surface area (Å²) >= 11 is 0. The Hall–Kier alpha value is -3.64. The number of ether oxygens (including phenoxy) is 2. The highest BCUT2D eigenvalue weighted by Crippen LogP contribution is 2.50. The standard InChI is InChI=1S/C24H20N2O4/c1-25-20-13-7-5-11-18(20)24(23(25)28)26(19-12-6-3-9-16(19)15-30-24)22(27)17-10-4-8-14-21(17)29-2/h3-14H,15H2,1-2H3/t24-/m1/s1. The summed E-state index contributed by atoms with van der Waals surface area (Å²) < 4.78 is 11.7. The van der Waals surface area contributed by atoms with E-state index in [1.54, 1.807) is 36.2 Å². The molecular weight excluding hydrogens is 380 g/mol. The van der Waals surface area contributed by atoms with E-state index in [0.29, 0.717) is 22.6 Å². The molecular formula is C24H20N2O4. The van der Waals surface area contributed by atoms with Crippen LogP contribution in [0.5, 0.6) is 5.75 Å². The molecule has 0 N–H and O–H groups in total. The van der Waals surface area contributed by atoms with Crippen LogP contribution in [0.2, 0.25) is 0 Å². The smallest absolute Gasteiger partial charge is 0.285 e. The maximum atomic E-state index is 14.0. The van der Waals surface area contributed by atoms with Crippen molar-refractivity contribution in [3.8, 4) is 5.75 Å². The van der Waals surface area contributed by atoms with Gasteiger partial charge in [-0.05, 0) is 24.3 Å². The summed E-state index contributed by atoms with van der Waals surface area (Å²) in [5, 5.41) is 0. The van der Waals surface area contributed by atoms with E-state index in [4.69, 9.17) is 9.47 Å². The van der Waals surface area contributed by atoms with E-state index in [-0.39, 0.29) is 18.4 Å². The SMILES string of the molecule is COc1ccccc1C(=O)N1c2ccccc2CO[C@]12C(=O)N(C)c1ccccc12. The van der Waals surface area contributed by atoms with Crippen molar-refractivity contribution in [1.82, 2.24) is 0 Å². The number of hydrogen-bond acceptors (Lipinski definition) is 4. The van der Waals surface area contributed by atoms with Gasteiger partial charge in [0.1, 0.15) is 5.75 Å². The van der Waals surface area contributed by atoms with Crippen LogP contribution in [0.25, 0.3) is 0 Å². The van der Waals surface area contributed by atoms with Crippen molar-refractivity contribution in [2.45, 2.75) is 12.3 Å². The Balaban J connectivity index is 1.79. The number of rotatable bonds is 2. The van der Waals surface area contributed by atoms with Crippen molar-refractivity contribution < 1.29 is 19.1 Å². The third kappa shape index (κ3) is 2.34. The van der Waals surface area contributed by atoms with Crippen molar-refractivity contribution >= 4 is 23.2 Å². The molecule has 2 aliphatic heterocycles. The van der Waals surface area contributed by atoms with E-state index in [0.717, 1.165) is 11.3 Å². The molecule has 5 rings (SSSR count). The summed E-state index contributed by atoms with van der Waals surface area (Å²) in [4.78, 5) is 30.6. The van der Waals surface area contributed by atoms with Gasteiger partial charge >= 0.3 is 0 Å². The average molecular weight is 400 g/mol. The number of carbonyl (C=O) groups is 2. The van der Waals surface area contributed by atoms with Crippen molar-refractivity contribution in [2.75, 3.05) is 24.0 Å². The quantitative estimate of drug-likeness (QED) is 0.658. The Morgan fingerprint density at radius 3 is 2.43 bits per heavy atom. The highest BCUT2D eigenvalue weighted by molar-refractivity contribution is 6.18. The van der Waals surface area contributed by atoms with Crippen LogP contribution < -0.4 is 14.5 Å². The lowest BCUT2D eigenvalue weighted by molar-refractivity contribution is -0.146. The van der Waals surface area contributed by atoms with Crippen LogP contribution in [0.4, 0.5) is 11.4 Å². The molecule has 0 fully saturated rings. The van der Waals surface area contributed by atoms with E-state index in [9.17, 15) is 9.59 Å². The molecule has 2 amide bonds. The fourth-order valence-corrected chi connectivity index (χ4v) is 4.32. The predicted octanol–water partition coefficient (Wildman–Crippen LogP) is 3.70. The van der Waals surface area contributed by atoms with Gasteiger partial charge in [-0.3, -0.25) is 14.5 Å². The van der Waals surface area contributed by atoms with E-state index in [2.05, 4.69) is 0 Å². The van der Waals surface area contributed by atoms with Gasteiger partial charge in [-0.2, -0.15) is 0 Å². The molecule has 2 heterocycles. The van der Waals surface area contributed by atoms with Crippen molar-refractivity contribution in [2.24, 2.45) is 0 Å². The topological polar surface area (TPSA) is 59.1 Å². The number of amides is 2. The monoisotopic (exact) mass is 400 g/mol. The first kappa shape index (κ1) is 18.4. The fourth-order valence-electron chi connectivity index (χ4n) is 4.32. The number of nitrogens with zero attached hydrogens (tertiary/aromatic N) is 2. The normalized spacial score (nSPS) is 19.6. The molecule has 0 unspecified atom stereocenters. The van der Waals surface area contributed by atoms with E-state index < -0.39 is 5.72 Å². The fraction of sp³-hybridized carbons (Fsp3) is 0.167. The predicted molar refractivity (Wildman–Crippen MR) is 113 cm³/mol. The number of hydrogen-bond donors (Lipinski definition) is 0. The molecule has 2 aliphatic rings. The van der Waals surface area contributed by atoms with Crippen LogP contribution in [0.15, 0.2) is 72.8 Å². The van der Waals surface area contributed by atoms with Gasteiger partial charge in [0.15, 0.2) is 0 Å².